The monoisotopic (exact) mass is 435 g/mol. The fourth-order valence-corrected chi connectivity index (χ4v) is 3.61. The molecule has 3 nitrogen and oxygen atoms in total. The van der Waals surface area contributed by atoms with E-state index >= 15 is 0 Å². The molecule has 1 aromatic heterocycles. The van der Waals surface area contributed by atoms with Crippen molar-refractivity contribution in [2.75, 3.05) is 13.2 Å². The van der Waals surface area contributed by atoms with Gasteiger partial charge in [0.1, 0.15) is 5.75 Å². The van der Waals surface area contributed by atoms with E-state index in [1.54, 1.807) is 0 Å². The minimum absolute atomic E-state index is 0.253. The van der Waals surface area contributed by atoms with Crippen molar-refractivity contribution in [2.24, 2.45) is 0 Å². The van der Waals surface area contributed by atoms with Crippen molar-refractivity contribution in [3.05, 3.63) is 108 Å². The Bertz CT molecular complexity index is 1150. The van der Waals surface area contributed by atoms with Gasteiger partial charge >= 0.3 is 0 Å². The third-order valence-corrected chi connectivity index (χ3v) is 5.49. The lowest BCUT2D eigenvalue weighted by atomic mass is 10.0. The van der Waals surface area contributed by atoms with E-state index in [4.69, 9.17) is 9.84 Å². The van der Waals surface area contributed by atoms with E-state index in [-0.39, 0.29) is 6.61 Å². The molecule has 4 rings (SSSR count). The van der Waals surface area contributed by atoms with E-state index < -0.39 is 0 Å². The van der Waals surface area contributed by atoms with Gasteiger partial charge in [-0.05, 0) is 65.8 Å². The van der Waals surface area contributed by atoms with Gasteiger partial charge in [0.05, 0.1) is 12.3 Å². The minimum atomic E-state index is 0.253. The van der Waals surface area contributed by atoms with Crippen LogP contribution >= 0.6 is 0 Å². The molecule has 0 aliphatic rings. The molecule has 4 aromatic rings. The summed E-state index contributed by atoms with van der Waals surface area (Å²) < 4.78 is 5.75. The van der Waals surface area contributed by atoms with E-state index in [9.17, 15) is 0 Å². The zero-order valence-electron chi connectivity index (χ0n) is 18.7. The Morgan fingerprint density at radius 2 is 1.36 bits per heavy atom. The van der Waals surface area contributed by atoms with E-state index in [0.29, 0.717) is 6.61 Å². The van der Waals surface area contributed by atoms with Gasteiger partial charge in [-0.25, -0.2) is 0 Å². The smallest absolute Gasteiger partial charge is 0.119 e. The maximum Gasteiger partial charge on any atom is 0.119 e. The molecule has 1 heterocycles. The Morgan fingerprint density at radius 1 is 0.667 bits per heavy atom. The topological polar surface area (TPSA) is 42.4 Å². The number of unbranched alkanes of at least 4 members (excludes halogenated alkanes) is 2. The average molecular weight is 436 g/mol. The van der Waals surface area contributed by atoms with Crippen LogP contribution in [0.15, 0.2) is 97.2 Å². The average Bonchev–Trinajstić information content (AvgIpc) is 2.89. The van der Waals surface area contributed by atoms with Crippen molar-refractivity contribution in [3.8, 4) is 28.1 Å². The van der Waals surface area contributed by atoms with Gasteiger partial charge in [0.25, 0.3) is 0 Å². The molecule has 0 unspecified atom stereocenters. The summed E-state index contributed by atoms with van der Waals surface area (Å²) in [5, 5.41) is 8.81. The van der Waals surface area contributed by atoms with Gasteiger partial charge in [0.15, 0.2) is 0 Å². The van der Waals surface area contributed by atoms with Crippen LogP contribution in [0.1, 0.15) is 30.4 Å². The summed E-state index contributed by atoms with van der Waals surface area (Å²) >= 11 is 0. The first kappa shape index (κ1) is 22.5. The molecule has 166 valence electrons. The summed E-state index contributed by atoms with van der Waals surface area (Å²) in [5.41, 5.74) is 6.72. The molecule has 0 aliphatic heterocycles. The summed E-state index contributed by atoms with van der Waals surface area (Å²) in [6.07, 6.45) is 8.90. The maximum absolute atomic E-state index is 8.81. The number of rotatable bonds is 10. The summed E-state index contributed by atoms with van der Waals surface area (Å²) in [6.45, 7) is 0.939. The molecule has 0 spiro atoms. The van der Waals surface area contributed by atoms with Crippen LogP contribution in [-0.4, -0.2) is 23.3 Å². The zero-order valence-corrected chi connectivity index (χ0v) is 18.7. The van der Waals surface area contributed by atoms with Crippen LogP contribution in [0.25, 0.3) is 34.5 Å². The fourth-order valence-electron chi connectivity index (χ4n) is 3.61. The normalized spacial score (nSPS) is 11.1. The Labute approximate surface area is 196 Å². The molecule has 1 N–H and O–H groups in total. The van der Waals surface area contributed by atoms with Crippen LogP contribution in [0, 0.1) is 0 Å². The van der Waals surface area contributed by atoms with Crippen LogP contribution in [0.4, 0.5) is 0 Å². The molecule has 0 bridgehead atoms. The molecule has 3 aromatic carbocycles. The third kappa shape index (κ3) is 6.64. The molecule has 33 heavy (non-hydrogen) atoms. The number of aliphatic hydroxyl groups excluding tert-OH is 1. The molecule has 0 amide bonds. The van der Waals surface area contributed by atoms with Crippen molar-refractivity contribution >= 4 is 12.2 Å². The fraction of sp³-hybridized carbons (Fsp3) is 0.167. The number of hydrogen-bond acceptors (Lipinski definition) is 3. The number of benzene rings is 3. The molecule has 0 atom stereocenters. The first-order valence-electron chi connectivity index (χ1n) is 11.5. The number of nitrogens with zero attached hydrogens (tertiary/aromatic N) is 1. The Kier molecular flexibility index (Phi) is 8.04. The summed E-state index contributed by atoms with van der Waals surface area (Å²) in [7, 11) is 0. The maximum atomic E-state index is 8.81. The van der Waals surface area contributed by atoms with Crippen LogP contribution in [-0.2, 0) is 0 Å². The van der Waals surface area contributed by atoms with Crippen LogP contribution in [0.3, 0.4) is 0 Å². The molecule has 0 fully saturated rings. The van der Waals surface area contributed by atoms with E-state index in [1.165, 1.54) is 5.56 Å². The Hall–Kier alpha value is -3.69. The number of pyridine rings is 1. The largest absolute Gasteiger partial charge is 0.494 e. The highest BCUT2D eigenvalue weighted by molar-refractivity contribution is 5.74. The summed E-state index contributed by atoms with van der Waals surface area (Å²) in [6, 6.07) is 31.1. The second kappa shape index (κ2) is 11.8. The summed E-state index contributed by atoms with van der Waals surface area (Å²) in [4.78, 5) is 4.52. The van der Waals surface area contributed by atoms with Gasteiger partial charge in [0, 0.05) is 18.4 Å². The molecule has 0 radical (unpaired) electrons. The van der Waals surface area contributed by atoms with Crippen LogP contribution in [0.5, 0.6) is 5.75 Å². The first-order chi connectivity index (χ1) is 16.3. The Balaban J connectivity index is 1.36. The highest BCUT2D eigenvalue weighted by atomic mass is 16.5. The van der Waals surface area contributed by atoms with Gasteiger partial charge in [0.2, 0.25) is 0 Å². The number of hydrogen-bond donors (Lipinski definition) is 1. The van der Waals surface area contributed by atoms with Gasteiger partial charge in [-0.15, -0.1) is 0 Å². The lowest BCUT2D eigenvalue weighted by Crippen LogP contribution is -1.97. The lowest BCUT2D eigenvalue weighted by Gasteiger charge is -2.06. The quantitative estimate of drug-likeness (QED) is 0.213. The Morgan fingerprint density at radius 3 is 2.06 bits per heavy atom. The molecule has 0 aliphatic carbocycles. The highest BCUT2D eigenvalue weighted by Crippen LogP contribution is 2.25. The molecule has 0 saturated heterocycles. The second-order valence-electron chi connectivity index (χ2n) is 7.95. The van der Waals surface area contributed by atoms with Gasteiger partial charge in [-0.3, -0.25) is 4.98 Å². The minimum Gasteiger partial charge on any atom is -0.494 e. The number of ether oxygens (including phenoxy) is 1. The summed E-state index contributed by atoms with van der Waals surface area (Å²) in [5.74, 6) is 0.882. The van der Waals surface area contributed by atoms with Crippen molar-refractivity contribution < 1.29 is 9.84 Å². The van der Waals surface area contributed by atoms with Crippen LogP contribution < -0.4 is 4.74 Å². The zero-order chi connectivity index (χ0) is 22.7. The number of aliphatic hydroxyl groups is 1. The van der Waals surface area contributed by atoms with Crippen molar-refractivity contribution in [2.45, 2.75) is 19.3 Å². The predicted octanol–water partition coefficient (Wildman–Crippen LogP) is 7.13. The van der Waals surface area contributed by atoms with E-state index in [1.807, 2.05) is 42.6 Å². The van der Waals surface area contributed by atoms with Crippen molar-refractivity contribution in [1.29, 1.82) is 0 Å². The van der Waals surface area contributed by atoms with Crippen molar-refractivity contribution in [1.82, 2.24) is 4.98 Å². The van der Waals surface area contributed by atoms with Gasteiger partial charge in [-0.2, -0.15) is 0 Å². The lowest BCUT2D eigenvalue weighted by molar-refractivity contribution is 0.266. The predicted molar refractivity (Wildman–Crippen MR) is 137 cm³/mol. The van der Waals surface area contributed by atoms with Crippen molar-refractivity contribution in [3.63, 3.8) is 0 Å². The van der Waals surface area contributed by atoms with Gasteiger partial charge < -0.3 is 9.84 Å². The second-order valence-corrected chi connectivity index (χ2v) is 7.95. The number of aromatic nitrogens is 1. The SMILES string of the molecule is OCCCCCOc1ccc(C=Cc2ccc(-c3ccnc(-c4ccccc4)c3)cc2)cc1. The van der Waals surface area contributed by atoms with Gasteiger partial charge in [-0.1, -0.05) is 78.9 Å². The standard InChI is InChI=1S/C30H29NO2/c32-21-5-2-6-22-33-29-17-13-25(14-18-29)10-9-24-11-15-26(16-12-24)28-19-20-31-30(23-28)27-7-3-1-4-8-27/h1,3-4,7-20,23,32H,2,5-6,21-22H2. The van der Waals surface area contributed by atoms with E-state index in [2.05, 4.69) is 71.7 Å². The highest BCUT2D eigenvalue weighted by Gasteiger charge is 2.03. The van der Waals surface area contributed by atoms with E-state index in [0.717, 1.165) is 53.0 Å². The third-order valence-electron chi connectivity index (χ3n) is 5.49. The van der Waals surface area contributed by atoms with Crippen LogP contribution in [0.2, 0.25) is 0 Å². The molecular formula is C30H29NO2. The molecule has 0 saturated carbocycles. The first-order valence-corrected chi connectivity index (χ1v) is 11.5. The molecule has 3 heteroatoms. The molecular weight excluding hydrogens is 406 g/mol.